The lowest BCUT2D eigenvalue weighted by Gasteiger charge is -2.09. The molecule has 0 saturated carbocycles. The fraction of sp³-hybridized carbons (Fsp3) is 0.222. The first-order valence-corrected chi connectivity index (χ1v) is 8.72. The molecule has 0 unspecified atom stereocenters. The number of alkyl halides is 3. The highest BCUT2D eigenvalue weighted by molar-refractivity contribution is 6.28. The smallest absolute Gasteiger partial charge is 0.430 e. The van der Waals surface area contributed by atoms with Crippen molar-refractivity contribution < 1.29 is 17.9 Å². The molecule has 4 N–H and O–H groups in total. The predicted molar refractivity (Wildman–Crippen MR) is 106 cm³/mol. The van der Waals surface area contributed by atoms with Crippen LogP contribution in [0.1, 0.15) is 18.1 Å². The van der Waals surface area contributed by atoms with Crippen molar-refractivity contribution in [3.05, 3.63) is 58.6 Å². The molecule has 1 aromatic carbocycles. The van der Waals surface area contributed by atoms with Crippen LogP contribution in [0.25, 0.3) is 0 Å². The Morgan fingerprint density at radius 2 is 2.03 bits per heavy atom. The first-order valence-electron chi connectivity index (χ1n) is 8.34. The van der Waals surface area contributed by atoms with Gasteiger partial charge in [-0.1, -0.05) is 12.1 Å². The largest absolute Gasteiger partial charge is 0.478 e. The lowest BCUT2D eigenvalue weighted by atomic mass is 10.2. The van der Waals surface area contributed by atoms with Gasteiger partial charge < -0.3 is 21.2 Å². The van der Waals surface area contributed by atoms with Crippen LogP contribution < -0.4 is 11.1 Å². The molecule has 1 heterocycles. The summed E-state index contributed by atoms with van der Waals surface area (Å²) in [7, 11) is 0. The van der Waals surface area contributed by atoms with E-state index >= 15 is 0 Å². The topological polar surface area (TPSA) is 109 Å². The van der Waals surface area contributed by atoms with Gasteiger partial charge in [0.25, 0.3) is 0 Å². The van der Waals surface area contributed by atoms with Crippen LogP contribution in [0, 0.1) is 5.41 Å². The maximum atomic E-state index is 12.6. The minimum atomic E-state index is -4.66. The summed E-state index contributed by atoms with van der Waals surface area (Å²) < 4.78 is 42.9. The average Bonchev–Trinajstić information content (AvgIpc) is 2.67. The van der Waals surface area contributed by atoms with E-state index < -0.39 is 11.9 Å². The van der Waals surface area contributed by atoms with Gasteiger partial charge in [0.1, 0.15) is 11.5 Å². The Morgan fingerprint density at radius 1 is 1.34 bits per heavy atom. The molecule has 0 bridgehead atoms. The highest BCUT2D eigenvalue weighted by Crippen LogP contribution is 2.22. The van der Waals surface area contributed by atoms with Gasteiger partial charge in [0.05, 0.1) is 17.9 Å². The number of rotatable bonds is 7. The average molecular weight is 427 g/mol. The van der Waals surface area contributed by atoms with Gasteiger partial charge >= 0.3 is 6.18 Å². The van der Waals surface area contributed by atoms with Crippen molar-refractivity contribution in [3.8, 4) is 0 Å². The first-order chi connectivity index (χ1) is 13.7. The fourth-order valence-corrected chi connectivity index (χ4v) is 2.22. The number of allylic oxidation sites excluding steroid dienone is 1. The fourth-order valence-electron chi connectivity index (χ4n) is 2.09. The Balaban J connectivity index is 2.13. The van der Waals surface area contributed by atoms with Gasteiger partial charge in [-0.05, 0) is 36.2 Å². The van der Waals surface area contributed by atoms with E-state index in [4.69, 9.17) is 27.5 Å². The molecule has 0 aliphatic heterocycles. The van der Waals surface area contributed by atoms with E-state index in [0.29, 0.717) is 29.7 Å². The Morgan fingerprint density at radius 3 is 2.62 bits per heavy atom. The summed E-state index contributed by atoms with van der Waals surface area (Å²) >= 11 is 5.77. The summed E-state index contributed by atoms with van der Waals surface area (Å²) in [6, 6.07) is 6.72. The lowest BCUT2D eigenvalue weighted by molar-refractivity contribution is -0.0926. The minimum Gasteiger partial charge on any atom is -0.478 e. The van der Waals surface area contributed by atoms with Crippen LogP contribution in [0.5, 0.6) is 0 Å². The van der Waals surface area contributed by atoms with Crippen molar-refractivity contribution in [2.75, 3.05) is 11.9 Å². The van der Waals surface area contributed by atoms with E-state index in [9.17, 15) is 13.2 Å². The Labute approximate surface area is 170 Å². The maximum absolute atomic E-state index is 12.6. The summed E-state index contributed by atoms with van der Waals surface area (Å²) in [5, 5.41) is 10.5. The number of hydrogen-bond acceptors (Lipinski definition) is 7. The van der Waals surface area contributed by atoms with Gasteiger partial charge in [-0.2, -0.15) is 13.2 Å². The molecule has 1 aromatic heterocycles. The van der Waals surface area contributed by atoms with Gasteiger partial charge in [0.15, 0.2) is 0 Å². The second kappa shape index (κ2) is 9.87. The number of aromatic nitrogens is 2. The molecule has 0 spiro atoms. The van der Waals surface area contributed by atoms with E-state index in [-0.39, 0.29) is 17.8 Å². The summed E-state index contributed by atoms with van der Waals surface area (Å²) in [6.45, 7) is 2.14. The van der Waals surface area contributed by atoms with Crippen LogP contribution in [-0.4, -0.2) is 34.9 Å². The number of halogens is 4. The van der Waals surface area contributed by atoms with Crippen molar-refractivity contribution >= 4 is 35.2 Å². The molecule has 0 saturated heterocycles. The number of aliphatic imine (C=N–C) groups is 1. The van der Waals surface area contributed by atoms with E-state index in [1.165, 1.54) is 6.20 Å². The number of hydrogen-bond donors (Lipinski definition) is 3. The summed E-state index contributed by atoms with van der Waals surface area (Å²) in [5.74, 6) is 0.174. The van der Waals surface area contributed by atoms with E-state index in [2.05, 4.69) is 20.3 Å². The molecular formula is C18H18ClF3N6O. The SMILES string of the molecule is CCOC(/C=C(\N)C(F)(F)F)=Nc1ccc(CNc2nc(Cl)ncc2C=N)cc1. The molecule has 0 aliphatic rings. The summed E-state index contributed by atoms with van der Waals surface area (Å²) in [6.07, 6.45) is -1.48. The standard InChI is InChI=1S/C18H18ClF3N6O/c1-2-29-15(7-14(24)18(20,21)22)27-13-5-3-11(4-6-13)9-25-16-12(8-23)10-26-17(19)28-16/h3-8,10,23H,2,9,24H2,1H3,(H,25,26,28)/b14-7-,23-8?,27-15?. The molecule has 7 nitrogen and oxygen atoms in total. The van der Waals surface area contributed by atoms with E-state index in [0.717, 1.165) is 11.8 Å². The molecule has 0 fully saturated rings. The monoisotopic (exact) mass is 426 g/mol. The number of nitrogens with one attached hydrogen (secondary N) is 2. The quantitative estimate of drug-likeness (QED) is 0.349. The van der Waals surface area contributed by atoms with Crippen LogP contribution in [0.2, 0.25) is 5.28 Å². The number of nitrogens with two attached hydrogens (primary N) is 1. The number of anilines is 1. The van der Waals surface area contributed by atoms with Crippen LogP contribution in [0.4, 0.5) is 24.7 Å². The molecule has 0 aliphatic carbocycles. The van der Waals surface area contributed by atoms with Crippen molar-refractivity contribution in [3.63, 3.8) is 0 Å². The maximum Gasteiger partial charge on any atom is 0.430 e. The molecule has 2 rings (SSSR count). The number of benzene rings is 1. The van der Waals surface area contributed by atoms with E-state index in [1.54, 1.807) is 31.2 Å². The first kappa shape index (κ1) is 22.2. The third kappa shape index (κ3) is 6.75. The number of nitrogens with zero attached hydrogens (tertiary/aromatic N) is 3. The van der Waals surface area contributed by atoms with Gasteiger partial charge in [0.2, 0.25) is 11.2 Å². The van der Waals surface area contributed by atoms with Gasteiger partial charge in [-0.15, -0.1) is 0 Å². The van der Waals surface area contributed by atoms with Crippen molar-refractivity contribution in [2.24, 2.45) is 10.7 Å². The zero-order chi connectivity index (χ0) is 21.4. The zero-order valence-electron chi connectivity index (χ0n) is 15.3. The predicted octanol–water partition coefficient (Wildman–Crippen LogP) is 4.21. The van der Waals surface area contributed by atoms with Crippen LogP contribution in [0.3, 0.4) is 0 Å². The second-order valence-electron chi connectivity index (χ2n) is 5.59. The van der Waals surface area contributed by atoms with Crippen LogP contribution >= 0.6 is 11.6 Å². The third-order valence-electron chi connectivity index (χ3n) is 3.48. The van der Waals surface area contributed by atoms with Crippen molar-refractivity contribution in [1.82, 2.24) is 9.97 Å². The molecule has 0 amide bonds. The molecule has 11 heteroatoms. The Bertz CT molecular complexity index is 913. The zero-order valence-corrected chi connectivity index (χ0v) is 16.1. The second-order valence-corrected chi connectivity index (χ2v) is 5.93. The minimum absolute atomic E-state index is 0.0532. The van der Waals surface area contributed by atoms with Crippen molar-refractivity contribution in [2.45, 2.75) is 19.6 Å². The van der Waals surface area contributed by atoms with Crippen LogP contribution in [0.15, 0.2) is 47.2 Å². The van der Waals surface area contributed by atoms with Crippen molar-refractivity contribution in [1.29, 1.82) is 5.41 Å². The van der Waals surface area contributed by atoms with Gasteiger partial charge in [-0.25, -0.2) is 15.0 Å². The molecule has 0 atom stereocenters. The Hall–Kier alpha value is -3.14. The normalized spacial score (nSPS) is 12.6. The van der Waals surface area contributed by atoms with Gasteiger partial charge in [-0.3, -0.25) is 0 Å². The lowest BCUT2D eigenvalue weighted by Crippen LogP contribution is -2.21. The summed E-state index contributed by atoms with van der Waals surface area (Å²) in [4.78, 5) is 11.9. The molecule has 2 aromatic rings. The molecule has 154 valence electrons. The van der Waals surface area contributed by atoms with Crippen LogP contribution in [-0.2, 0) is 11.3 Å². The highest BCUT2D eigenvalue weighted by Gasteiger charge is 2.31. The highest BCUT2D eigenvalue weighted by atomic mass is 35.5. The number of ether oxygens (including phenoxy) is 1. The molecule has 0 radical (unpaired) electrons. The molecular weight excluding hydrogens is 409 g/mol. The Kier molecular flexibility index (Phi) is 7.54. The van der Waals surface area contributed by atoms with E-state index in [1.807, 2.05) is 0 Å². The summed E-state index contributed by atoms with van der Waals surface area (Å²) in [5.41, 5.74) is 5.44. The molecule has 29 heavy (non-hydrogen) atoms. The van der Waals surface area contributed by atoms with Gasteiger partial charge in [0, 0.05) is 25.0 Å². The third-order valence-corrected chi connectivity index (χ3v) is 3.66.